The number of aryl methyl sites for hydroxylation is 1. The van der Waals surface area contributed by atoms with Crippen LogP contribution in [0, 0.1) is 36.0 Å². The van der Waals surface area contributed by atoms with Gasteiger partial charge in [0.2, 0.25) is 15.8 Å². The Morgan fingerprint density at radius 1 is 0.857 bits per heavy atom. The van der Waals surface area contributed by atoms with Gasteiger partial charge in [0.15, 0.2) is 28.2 Å². The molecule has 0 bridgehead atoms. The van der Waals surface area contributed by atoms with Crippen molar-refractivity contribution in [2.75, 3.05) is 0 Å². The molecular formula is C19H18F5NO2S. The van der Waals surface area contributed by atoms with Gasteiger partial charge < -0.3 is 0 Å². The molecule has 0 atom stereocenters. The highest BCUT2D eigenvalue weighted by Crippen LogP contribution is 2.34. The number of halogens is 5. The van der Waals surface area contributed by atoms with Gasteiger partial charge in [-0.3, -0.25) is 0 Å². The SMILES string of the molecule is Cc1ccc(CN(C2CCCC2)S(=O)(=O)c2c(F)c(F)c(F)c(F)c2F)cc1. The lowest BCUT2D eigenvalue weighted by Gasteiger charge is -2.28. The van der Waals surface area contributed by atoms with Crippen molar-refractivity contribution in [3.63, 3.8) is 0 Å². The predicted molar refractivity (Wildman–Crippen MR) is 92.4 cm³/mol. The molecule has 9 heteroatoms. The van der Waals surface area contributed by atoms with Crippen molar-refractivity contribution in [2.45, 2.75) is 50.1 Å². The normalized spacial score (nSPS) is 15.5. The zero-order valence-electron chi connectivity index (χ0n) is 15.0. The van der Waals surface area contributed by atoms with Gasteiger partial charge in [-0.25, -0.2) is 30.4 Å². The Morgan fingerprint density at radius 2 is 1.32 bits per heavy atom. The summed E-state index contributed by atoms with van der Waals surface area (Å²) in [5, 5.41) is 0. The highest BCUT2D eigenvalue weighted by molar-refractivity contribution is 7.89. The summed E-state index contributed by atoms with van der Waals surface area (Å²) in [5.74, 6) is -11.6. The maximum atomic E-state index is 14.2. The molecule has 0 heterocycles. The minimum Gasteiger partial charge on any atom is -0.207 e. The fraction of sp³-hybridized carbons (Fsp3) is 0.368. The zero-order chi connectivity index (χ0) is 20.6. The molecule has 0 spiro atoms. The van der Waals surface area contributed by atoms with E-state index in [2.05, 4.69) is 0 Å². The lowest BCUT2D eigenvalue weighted by molar-refractivity contribution is 0.306. The van der Waals surface area contributed by atoms with Gasteiger partial charge in [-0.2, -0.15) is 4.31 Å². The van der Waals surface area contributed by atoms with E-state index >= 15 is 0 Å². The molecule has 28 heavy (non-hydrogen) atoms. The molecular weight excluding hydrogens is 401 g/mol. The zero-order valence-corrected chi connectivity index (χ0v) is 15.8. The first-order valence-electron chi connectivity index (χ1n) is 8.73. The number of hydrogen-bond donors (Lipinski definition) is 0. The summed E-state index contributed by atoms with van der Waals surface area (Å²) >= 11 is 0. The van der Waals surface area contributed by atoms with Crippen molar-refractivity contribution in [1.82, 2.24) is 4.31 Å². The summed E-state index contributed by atoms with van der Waals surface area (Å²) in [7, 11) is -4.98. The number of nitrogens with zero attached hydrogens (tertiary/aromatic N) is 1. The third kappa shape index (κ3) is 3.65. The van der Waals surface area contributed by atoms with Gasteiger partial charge in [-0.05, 0) is 25.3 Å². The van der Waals surface area contributed by atoms with E-state index in [9.17, 15) is 30.4 Å². The van der Waals surface area contributed by atoms with Gasteiger partial charge in [0.1, 0.15) is 0 Å². The van der Waals surface area contributed by atoms with E-state index in [1.165, 1.54) is 0 Å². The fourth-order valence-electron chi connectivity index (χ4n) is 3.40. The van der Waals surface area contributed by atoms with Crippen LogP contribution in [0.4, 0.5) is 22.0 Å². The van der Waals surface area contributed by atoms with Gasteiger partial charge in [0.05, 0.1) is 0 Å². The van der Waals surface area contributed by atoms with Crippen molar-refractivity contribution in [1.29, 1.82) is 0 Å². The van der Waals surface area contributed by atoms with Crippen molar-refractivity contribution >= 4 is 10.0 Å². The highest BCUT2D eigenvalue weighted by Gasteiger charge is 2.40. The van der Waals surface area contributed by atoms with Gasteiger partial charge in [0, 0.05) is 12.6 Å². The van der Waals surface area contributed by atoms with Gasteiger partial charge in [-0.1, -0.05) is 42.7 Å². The minimum atomic E-state index is -4.98. The average molecular weight is 419 g/mol. The molecule has 0 aliphatic heterocycles. The molecule has 3 rings (SSSR count). The Morgan fingerprint density at radius 3 is 1.82 bits per heavy atom. The molecule has 1 fully saturated rings. The summed E-state index contributed by atoms with van der Waals surface area (Å²) in [6.45, 7) is 1.61. The Kier molecular flexibility index (Phi) is 5.77. The molecule has 2 aromatic rings. The molecule has 0 amide bonds. The number of rotatable bonds is 5. The van der Waals surface area contributed by atoms with Gasteiger partial charge >= 0.3 is 0 Å². The monoisotopic (exact) mass is 419 g/mol. The van der Waals surface area contributed by atoms with Crippen molar-refractivity contribution in [3.05, 3.63) is 64.5 Å². The van der Waals surface area contributed by atoms with Crippen LogP contribution in [-0.2, 0) is 16.6 Å². The Hall–Kier alpha value is -2.00. The van der Waals surface area contributed by atoms with Crippen molar-refractivity contribution in [2.24, 2.45) is 0 Å². The molecule has 0 saturated heterocycles. The summed E-state index contributed by atoms with van der Waals surface area (Å²) in [6, 6.07) is 6.22. The van der Waals surface area contributed by atoms with E-state index < -0.39 is 50.0 Å². The molecule has 0 aromatic heterocycles. The topological polar surface area (TPSA) is 37.4 Å². The van der Waals surface area contributed by atoms with Crippen LogP contribution in [0.25, 0.3) is 0 Å². The highest BCUT2D eigenvalue weighted by atomic mass is 32.2. The minimum absolute atomic E-state index is 0.229. The fourth-order valence-corrected chi connectivity index (χ4v) is 5.19. The molecule has 1 saturated carbocycles. The first-order chi connectivity index (χ1) is 13.1. The average Bonchev–Trinajstić information content (AvgIpc) is 3.18. The van der Waals surface area contributed by atoms with Crippen LogP contribution in [0.5, 0.6) is 0 Å². The summed E-state index contributed by atoms with van der Waals surface area (Å²) in [4.78, 5) is -1.80. The van der Waals surface area contributed by atoms with Crippen LogP contribution in [0.15, 0.2) is 29.2 Å². The third-order valence-corrected chi connectivity index (χ3v) is 6.85. The van der Waals surface area contributed by atoms with E-state index in [-0.39, 0.29) is 6.54 Å². The summed E-state index contributed by atoms with van der Waals surface area (Å²) in [5.41, 5.74) is 1.48. The summed E-state index contributed by atoms with van der Waals surface area (Å²) in [6.07, 6.45) is 2.31. The van der Waals surface area contributed by atoms with Gasteiger partial charge in [0.25, 0.3) is 0 Å². The van der Waals surface area contributed by atoms with Crippen molar-refractivity contribution < 1.29 is 30.4 Å². The second kappa shape index (κ2) is 7.79. The lowest BCUT2D eigenvalue weighted by atomic mass is 10.1. The first-order valence-corrected chi connectivity index (χ1v) is 10.2. The van der Waals surface area contributed by atoms with Crippen LogP contribution in [0.1, 0.15) is 36.8 Å². The number of benzene rings is 2. The van der Waals surface area contributed by atoms with Crippen LogP contribution < -0.4 is 0 Å². The Labute approximate surface area is 159 Å². The second-order valence-corrected chi connectivity index (χ2v) is 8.70. The molecule has 0 N–H and O–H groups in total. The maximum Gasteiger partial charge on any atom is 0.249 e. The molecule has 152 valence electrons. The van der Waals surface area contributed by atoms with E-state index in [0.29, 0.717) is 31.2 Å². The molecule has 0 unspecified atom stereocenters. The van der Waals surface area contributed by atoms with Gasteiger partial charge in [-0.15, -0.1) is 0 Å². The number of sulfonamides is 1. The molecule has 1 aliphatic carbocycles. The van der Waals surface area contributed by atoms with Crippen LogP contribution in [0.2, 0.25) is 0 Å². The van der Waals surface area contributed by atoms with Crippen molar-refractivity contribution in [3.8, 4) is 0 Å². The van der Waals surface area contributed by atoms with Crippen LogP contribution in [0.3, 0.4) is 0 Å². The quantitative estimate of drug-likeness (QED) is 0.396. The largest absolute Gasteiger partial charge is 0.249 e. The number of hydrogen-bond acceptors (Lipinski definition) is 2. The molecule has 0 radical (unpaired) electrons. The first kappa shape index (κ1) is 20.7. The second-order valence-electron chi connectivity index (χ2n) is 6.87. The predicted octanol–water partition coefficient (Wildman–Crippen LogP) is 4.82. The van der Waals surface area contributed by atoms with E-state index in [0.717, 1.165) is 9.87 Å². The lowest BCUT2D eigenvalue weighted by Crippen LogP contribution is -2.39. The standard InChI is InChI=1S/C19H18F5NO2S/c1-11-6-8-12(9-7-11)10-25(13-4-2-3-5-13)28(26,27)19-17(23)15(21)14(20)16(22)18(19)24/h6-9,13H,2-5,10H2,1H3. The Balaban J connectivity index is 2.12. The summed E-state index contributed by atoms with van der Waals surface area (Å²) < 4.78 is 95.9. The third-order valence-electron chi connectivity index (χ3n) is 4.93. The molecule has 3 nitrogen and oxygen atoms in total. The molecule has 2 aromatic carbocycles. The van der Waals surface area contributed by atoms with E-state index in [1.54, 1.807) is 24.3 Å². The molecule has 1 aliphatic rings. The van der Waals surface area contributed by atoms with Crippen LogP contribution in [-0.4, -0.2) is 18.8 Å². The van der Waals surface area contributed by atoms with Crippen LogP contribution >= 0.6 is 0 Å². The van der Waals surface area contributed by atoms with E-state index in [1.807, 2.05) is 6.92 Å². The smallest absolute Gasteiger partial charge is 0.207 e. The Bertz CT molecular complexity index is 957. The maximum absolute atomic E-state index is 14.2. The van der Waals surface area contributed by atoms with E-state index in [4.69, 9.17) is 0 Å².